The van der Waals surface area contributed by atoms with Crippen LogP contribution in [0, 0.1) is 11.8 Å². The SMILES string of the molecule is C=CC[C@H](O[Si](C)(C)C(C)(C)C)[C@H](C)[C@H](CC[C@@H](CC)CO[Si](C)(C)C(C)(C)C)O[Si](C)(C)C(C)(C)C. The number of hydrogen-bond donors (Lipinski definition) is 0. The second-order valence-corrected chi connectivity index (χ2v) is 30.5. The van der Waals surface area contributed by atoms with Crippen molar-refractivity contribution < 1.29 is 13.3 Å². The minimum Gasteiger partial charge on any atom is -0.417 e. The highest BCUT2D eigenvalue weighted by molar-refractivity contribution is 6.75. The predicted octanol–water partition coefficient (Wildman–Crippen LogP) is 10.8. The minimum atomic E-state index is -1.94. The zero-order valence-corrected chi connectivity index (χ0v) is 31.4. The lowest BCUT2D eigenvalue weighted by Crippen LogP contribution is -2.50. The first kappa shape index (κ1) is 37.3. The van der Waals surface area contributed by atoms with Crippen molar-refractivity contribution in [2.75, 3.05) is 6.61 Å². The fraction of sp³-hybridized carbons (Fsp3) is 0.935. The van der Waals surface area contributed by atoms with E-state index in [2.05, 4.69) is 122 Å². The van der Waals surface area contributed by atoms with Crippen LogP contribution in [0.2, 0.25) is 54.4 Å². The largest absolute Gasteiger partial charge is 0.417 e. The summed E-state index contributed by atoms with van der Waals surface area (Å²) in [4.78, 5) is 0. The maximum absolute atomic E-state index is 7.19. The molecule has 0 N–H and O–H groups in total. The van der Waals surface area contributed by atoms with E-state index >= 15 is 0 Å². The van der Waals surface area contributed by atoms with Crippen molar-refractivity contribution in [2.45, 2.75) is 168 Å². The molecule has 0 aromatic rings. The van der Waals surface area contributed by atoms with Gasteiger partial charge in [-0.1, -0.05) is 88.7 Å². The van der Waals surface area contributed by atoms with Crippen LogP contribution in [0.1, 0.15) is 102 Å². The Morgan fingerprint density at radius 3 is 1.43 bits per heavy atom. The van der Waals surface area contributed by atoms with Crippen LogP contribution in [-0.2, 0) is 13.3 Å². The lowest BCUT2D eigenvalue weighted by Gasteiger charge is -2.45. The Balaban J connectivity index is 5.93. The third-order valence-corrected chi connectivity index (χ3v) is 23.5. The van der Waals surface area contributed by atoms with Crippen LogP contribution >= 0.6 is 0 Å². The maximum atomic E-state index is 7.19. The molecule has 0 aromatic carbocycles. The van der Waals surface area contributed by atoms with Gasteiger partial charge in [0.15, 0.2) is 25.0 Å². The molecule has 222 valence electrons. The van der Waals surface area contributed by atoms with Crippen molar-refractivity contribution in [3.8, 4) is 0 Å². The van der Waals surface area contributed by atoms with Crippen molar-refractivity contribution in [3.63, 3.8) is 0 Å². The van der Waals surface area contributed by atoms with Gasteiger partial charge >= 0.3 is 0 Å². The van der Waals surface area contributed by atoms with Crippen LogP contribution in [0.15, 0.2) is 12.7 Å². The zero-order chi connectivity index (χ0) is 29.7. The van der Waals surface area contributed by atoms with E-state index < -0.39 is 25.0 Å². The van der Waals surface area contributed by atoms with Crippen LogP contribution in [-0.4, -0.2) is 43.8 Å². The van der Waals surface area contributed by atoms with Gasteiger partial charge in [-0.2, -0.15) is 0 Å². The molecular formula is C31H68O3Si3. The number of hydrogen-bond acceptors (Lipinski definition) is 3. The van der Waals surface area contributed by atoms with Crippen LogP contribution in [0.4, 0.5) is 0 Å². The fourth-order valence-electron chi connectivity index (χ4n) is 3.66. The Morgan fingerprint density at radius 1 is 0.676 bits per heavy atom. The normalized spacial score (nSPS) is 17.9. The van der Waals surface area contributed by atoms with Crippen LogP contribution in [0.5, 0.6) is 0 Å². The Hall–Kier alpha value is 0.271. The molecule has 0 aliphatic carbocycles. The summed E-state index contributed by atoms with van der Waals surface area (Å²) in [5.41, 5.74) is 0. The van der Waals surface area contributed by atoms with Gasteiger partial charge in [0.1, 0.15) is 0 Å². The summed E-state index contributed by atoms with van der Waals surface area (Å²) in [5.74, 6) is 0.867. The van der Waals surface area contributed by atoms with Crippen LogP contribution in [0.25, 0.3) is 0 Å². The molecular weight excluding hydrogens is 505 g/mol. The van der Waals surface area contributed by atoms with Crippen molar-refractivity contribution in [1.29, 1.82) is 0 Å². The zero-order valence-electron chi connectivity index (χ0n) is 28.4. The second-order valence-electron chi connectivity index (χ2n) is 16.1. The van der Waals surface area contributed by atoms with Gasteiger partial charge in [0.2, 0.25) is 0 Å². The molecule has 0 saturated carbocycles. The summed E-state index contributed by atoms with van der Waals surface area (Å²) in [7, 11) is -5.61. The summed E-state index contributed by atoms with van der Waals surface area (Å²) in [6, 6.07) is 0. The van der Waals surface area contributed by atoms with E-state index in [0.29, 0.717) is 11.8 Å². The van der Waals surface area contributed by atoms with E-state index in [1.807, 2.05) is 6.08 Å². The quantitative estimate of drug-likeness (QED) is 0.144. The highest BCUT2D eigenvalue weighted by Gasteiger charge is 2.44. The lowest BCUT2D eigenvalue weighted by molar-refractivity contribution is 0.0273. The molecule has 4 atom stereocenters. The van der Waals surface area contributed by atoms with E-state index in [0.717, 1.165) is 32.3 Å². The average Bonchev–Trinajstić information content (AvgIpc) is 2.69. The highest BCUT2D eigenvalue weighted by atomic mass is 28.4. The minimum absolute atomic E-state index is 0.136. The Kier molecular flexibility index (Phi) is 13.9. The third kappa shape index (κ3) is 11.3. The topological polar surface area (TPSA) is 27.7 Å². The molecule has 0 unspecified atom stereocenters. The van der Waals surface area contributed by atoms with Gasteiger partial charge in [0, 0.05) is 12.5 Å². The monoisotopic (exact) mass is 572 g/mol. The molecule has 0 fully saturated rings. The average molecular weight is 573 g/mol. The van der Waals surface area contributed by atoms with Crippen molar-refractivity contribution in [1.82, 2.24) is 0 Å². The summed E-state index contributed by atoms with van der Waals surface area (Å²) >= 11 is 0. The Bertz CT molecular complexity index is 681. The molecule has 0 aliphatic rings. The molecule has 0 rings (SSSR count). The predicted molar refractivity (Wildman–Crippen MR) is 174 cm³/mol. The molecule has 0 saturated heterocycles. The number of rotatable bonds is 15. The third-order valence-electron chi connectivity index (χ3n) is 10.00. The second kappa shape index (κ2) is 13.8. The van der Waals surface area contributed by atoms with Crippen LogP contribution in [0.3, 0.4) is 0 Å². The summed E-state index contributed by atoms with van der Waals surface area (Å²) in [6.07, 6.45) is 6.56. The van der Waals surface area contributed by atoms with Crippen LogP contribution < -0.4 is 0 Å². The van der Waals surface area contributed by atoms with Gasteiger partial charge in [-0.25, -0.2) is 0 Å². The van der Waals surface area contributed by atoms with Gasteiger partial charge in [-0.3, -0.25) is 0 Å². The van der Waals surface area contributed by atoms with E-state index in [-0.39, 0.29) is 27.3 Å². The molecule has 37 heavy (non-hydrogen) atoms. The van der Waals surface area contributed by atoms with Gasteiger partial charge in [-0.15, -0.1) is 6.58 Å². The van der Waals surface area contributed by atoms with E-state index in [4.69, 9.17) is 13.3 Å². The lowest BCUT2D eigenvalue weighted by atomic mass is 9.90. The van der Waals surface area contributed by atoms with E-state index in [9.17, 15) is 0 Å². The van der Waals surface area contributed by atoms with E-state index in [1.165, 1.54) is 0 Å². The standard InChI is InChI=1S/C31H68O3Si3/c1-19-21-27(33-36(15,16)30(7,8)9)25(3)28(34-37(17,18)31(10,11)12)23-22-26(20-2)24-32-35(13,14)29(4,5)6/h19,25-28H,1,20-24H2,2-18H3/t25-,26+,27-,28-/m0/s1. The summed E-state index contributed by atoms with van der Waals surface area (Å²) < 4.78 is 20.9. The maximum Gasteiger partial charge on any atom is 0.192 e. The smallest absolute Gasteiger partial charge is 0.192 e. The van der Waals surface area contributed by atoms with Crippen molar-refractivity contribution in [3.05, 3.63) is 12.7 Å². The fourth-order valence-corrected chi connectivity index (χ4v) is 7.61. The summed E-state index contributed by atoms with van der Waals surface area (Å²) in [6.45, 7) is 44.9. The van der Waals surface area contributed by atoms with E-state index in [1.54, 1.807) is 0 Å². The molecule has 6 heteroatoms. The summed E-state index contributed by atoms with van der Waals surface area (Å²) in [5, 5.41) is 0.595. The first-order chi connectivity index (χ1) is 16.3. The van der Waals surface area contributed by atoms with Crippen molar-refractivity contribution in [2.24, 2.45) is 11.8 Å². The highest BCUT2D eigenvalue weighted by Crippen LogP contribution is 2.42. The Morgan fingerprint density at radius 2 is 1.08 bits per heavy atom. The van der Waals surface area contributed by atoms with Gasteiger partial charge < -0.3 is 13.3 Å². The molecule has 0 aliphatic heterocycles. The first-order valence-corrected chi connectivity index (χ1v) is 23.7. The van der Waals surface area contributed by atoms with Gasteiger partial charge in [0.05, 0.1) is 12.2 Å². The Labute approximate surface area is 237 Å². The van der Waals surface area contributed by atoms with Crippen molar-refractivity contribution >= 4 is 25.0 Å². The molecule has 0 bridgehead atoms. The molecule has 3 nitrogen and oxygen atoms in total. The molecule has 0 spiro atoms. The first-order valence-electron chi connectivity index (χ1n) is 14.9. The molecule has 0 heterocycles. The van der Waals surface area contributed by atoms with Gasteiger partial charge in [0.25, 0.3) is 0 Å². The van der Waals surface area contributed by atoms with Gasteiger partial charge in [-0.05, 0) is 79.6 Å². The molecule has 0 radical (unpaired) electrons. The molecule has 0 amide bonds. The molecule has 0 aromatic heterocycles.